The molecule has 0 atom stereocenters. The monoisotopic (exact) mass is 391 g/mol. The van der Waals surface area contributed by atoms with Crippen molar-refractivity contribution in [2.45, 2.75) is 0 Å². The van der Waals surface area contributed by atoms with E-state index >= 15 is 0 Å². The number of amides is 1. The standard InChI is InChI=1S/C14H10BrN5O2S/c15-10-4-1-5-11(19-10)20-14(21)22-12-13(23-8-17-12)18-9-3-2-6-16-7-9/h1-8,18H,(H,19,20,21). The third kappa shape index (κ3) is 4.24. The number of anilines is 3. The van der Waals surface area contributed by atoms with Crippen LogP contribution in [0.2, 0.25) is 0 Å². The van der Waals surface area contributed by atoms with Crippen molar-refractivity contribution in [1.82, 2.24) is 15.0 Å². The molecule has 2 N–H and O–H groups in total. The second kappa shape index (κ2) is 7.16. The highest BCUT2D eigenvalue weighted by molar-refractivity contribution is 9.10. The van der Waals surface area contributed by atoms with Gasteiger partial charge in [0.1, 0.15) is 10.4 Å². The molecule has 0 unspecified atom stereocenters. The van der Waals surface area contributed by atoms with Crippen LogP contribution >= 0.6 is 27.3 Å². The summed E-state index contributed by atoms with van der Waals surface area (Å²) in [6, 6.07) is 8.82. The second-order valence-corrected chi connectivity index (χ2v) is 5.88. The number of ether oxygens (including phenoxy) is 1. The van der Waals surface area contributed by atoms with Gasteiger partial charge in [-0.15, -0.1) is 11.3 Å². The summed E-state index contributed by atoms with van der Waals surface area (Å²) in [5.41, 5.74) is 2.36. The quantitative estimate of drug-likeness (QED) is 0.652. The van der Waals surface area contributed by atoms with Crippen LogP contribution in [0.5, 0.6) is 5.88 Å². The zero-order chi connectivity index (χ0) is 16.1. The summed E-state index contributed by atoms with van der Waals surface area (Å²) in [6.07, 6.45) is 2.67. The Morgan fingerprint density at radius 2 is 2.17 bits per heavy atom. The van der Waals surface area contributed by atoms with Crippen LogP contribution in [0.4, 0.5) is 21.3 Å². The van der Waals surface area contributed by atoms with Crippen LogP contribution in [0.1, 0.15) is 0 Å². The minimum Gasteiger partial charge on any atom is -0.388 e. The zero-order valence-electron chi connectivity index (χ0n) is 11.6. The molecule has 23 heavy (non-hydrogen) atoms. The van der Waals surface area contributed by atoms with Gasteiger partial charge in [0, 0.05) is 6.20 Å². The Labute approximate surface area is 143 Å². The highest BCUT2D eigenvalue weighted by atomic mass is 79.9. The number of rotatable bonds is 4. The van der Waals surface area contributed by atoms with Crippen LogP contribution in [-0.2, 0) is 0 Å². The molecule has 0 spiro atoms. The number of nitrogens with zero attached hydrogens (tertiary/aromatic N) is 3. The first-order valence-corrected chi connectivity index (χ1v) is 8.10. The highest BCUT2D eigenvalue weighted by Gasteiger charge is 2.13. The Morgan fingerprint density at radius 3 is 2.96 bits per heavy atom. The lowest BCUT2D eigenvalue weighted by molar-refractivity contribution is 0.214. The SMILES string of the molecule is O=C(Nc1cccc(Br)n1)Oc1ncsc1Nc1cccnc1. The molecule has 0 fully saturated rings. The van der Waals surface area contributed by atoms with E-state index in [0.29, 0.717) is 15.4 Å². The molecule has 3 aromatic rings. The highest BCUT2D eigenvalue weighted by Crippen LogP contribution is 2.30. The van der Waals surface area contributed by atoms with Gasteiger partial charge in [0.2, 0.25) is 0 Å². The lowest BCUT2D eigenvalue weighted by Crippen LogP contribution is -2.18. The van der Waals surface area contributed by atoms with Crippen molar-refractivity contribution < 1.29 is 9.53 Å². The topological polar surface area (TPSA) is 89.0 Å². The molecule has 0 aromatic carbocycles. The molecule has 0 radical (unpaired) electrons. The number of nitrogens with one attached hydrogen (secondary N) is 2. The number of hydrogen-bond acceptors (Lipinski definition) is 7. The van der Waals surface area contributed by atoms with Gasteiger partial charge in [-0.2, -0.15) is 0 Å². The summed E-state index contributed by atoms with van der Waals surface area (Å²) in [5, 5.41) is 6.24. The minimum atomic E-state index is -0.671. The van der Waals surface area contributed by atoms with E-state index in [1.807, 2.05) is 6.07 Å². The lowest BCUT2D eigenvalue weighted by Gasteiger charge is -2.07. The Morgan fingerprint density at radius 1 is 1.26 bits per heavy atom. The van der Waals surface area contributed by atoms with Gasteiger partial charge < -0.3 is 10.1 Å². The van der Waals surface area contributed by atoms with E-state index in [9.17, 15) is 4.79 Å². The molecule has 0 saturated heterocycles. The summed E-state index contributed by atoms with van der Waals surface area (Å²) >= 11 is 4.55. The van der Waals surface area contributed by atoms with Crippen molar-refractivity contribution in [2.24, 2.45) is 0 Å². The van der Waals surface area contributed by atoms with E-state index < -0.39 is 6.09 Å². The smallest absolute Gasteiger partial charge is 0.388 e. The molecule has 3 rings (SSSR count). The normalized spacial score (nSPS) is 10.1. The van der Waals surface area contributed by atoms with Gasteiger partial charge in [0.15, 0.2) is 5.00 Å². The van der Waals surface area contributed by atoms with Gasteiger partial charge in [0.05, 0.1) is 17.4 Å². The van der Waals surface area contributed by atoms with E-state index in [-0.39, 0.29) is 5.88 Å². The molecular weight excluding hydrogens is 382 g/mol. The Bertz CT molecular complexity index is 812. The average Bonchev–Trinajstić information content (AvgIpc) is 2.95. The Kier molecular flexibility index (Phi) is 4.79. The predicted octanol–water partition coefficient (Wildman–Crippen LogP) is 4.05. The Balaban J connectivity index is 1.66. The third-order valence-corrected chi connectivity index (χ3v) is 3.75. The number of thiazole rings is 1. The van der Waals surface area contributed by atoms with Crippen molar-refractivity contribution in [2.75, 3.05) is 10.6 Å². The molecule has 116 valence electrons. The van der Waals surface area contributed by atoms with Gasteiger partial charge in [-0.1, -0.05) is 6.07 Å². The van der Waals surface area contributed by atoms with Crippen LogP contribution in [0, 0.1) is 0 Å². The molecule has 9 heteroatoms. The van der Waals surface area contributed by atoms with E-state index in [0.717, 1.165) is 5.69 Å². The van der Waals surface area contributed by atoms with E-state index in [2.05, 4.69) is 41.5 Å². The third-order valence-electron chi connectivity index (χ3n) is 2.59. The lowest BCUT2D eigenvalue weighted by atomic mass is 10.4. The largest absolute Gasteiger partial charge is 0.419 e. The predicted molar refractivity (Wildman–Crippen MR) is 91.2 cm³/mol. The van der Waals surface area contributed by atoms with Crippen LogP contribution in [0.25, 0.3) is 0 Å². The Hall–Kier alpha value is -2.52. The molecule has 7 nitrogen and oxygen atoms in total. The fraction of sp³-hybridized carbons (Fsp3) is 0. The van der Waals surface area contributed by atoms with Gasteiger partial charge in [-0.3, -0.25) is 10.3 Å². The first kappa shape index (κ1) is 15.4. The van der Waals surface area contributed by atoms with Crippen molar-refractivity contribution >= 4 is 49.9 Å². The maximum Gasteiger partial charge on any atom is 0.419 e. The number of pyridine rings is 2. The molecule has 0 aliphatic heterocycles. The van der Waals surface area contributed by atoms with Gasteiger partial charge in [-0.25, -0.2) is 14.8 Å². The molecule has 3 heterocycles. The maximum absolute atomic E-state index is 11.9. The minimum absolute atomic E-state index is 0.186. The van der Waals surface area contributed by atoms with Crippen LogP contribution in [0.3, 0.4) is 0 Å². The average molecular weight is 392 g/mol. The second-order valence-electron chi connectivity index (χ2n) is 4.21. The van der Waals surface area contributed by atoms with Crippen molar-refractivity contribution in [3.8, 4) is 5.88 Å². The molecule has 0 saturated carbocycles. The van der Waals surface area contributed by atoms with Crippen molar-refractivity contribution in [3.63, 3.8) is 0 Å². The number of aromatic nitrogens is 3. The van der Waals surface area contributed by atoms with Crippen LogP contribution in [0.15, 0.2) is 52.8 Å². The van der Waals surface area contributed by atoms with Crippen molar-refractivity contribution in [3.05, 3.63) is 52.8 Å². The van der Waals surface area contributed by atoms with E-state index in [1.165, 1.54) is 11.3 Å². The molecule has 0 bridgehead atoms. The summed E-state index contributed by atoms with van der Waals surface area (Å²) in [4.78, 5) is 24.1. The first-order valence-electron chi connectivity index (χ1n) is 6.42. The fourth-order valence-electron chi connectivity index (χ4n) is 1.66. The van der Waals surface area contributed by atoms with Crippen LogP contribution in [-0.4, -0.2) is 21.0 Å². The van der Waals surface area contributed by atoms with Gasteiger partial charge in [-0.05, 0) is 40.2 Å². The van der Waals surface area contributed by atoms with Crippen molar-refractivity contribution in [1.29, 1.82) is 0 Å². The number of carbonyl (C=O) groups is 1. The maximum atomic E-state index is 11.9. The molecule has 0 aliphatic rings. The van der Waals surface area contributed by atoms with Gasteiger partial charge >= 0.3 is 6.09 Å². The molecular formula is C14H10BrN5O2S. The summed E-state index contributed by atoms with van der Waals surface area (Å²) in [6.45, 7) is 0. The summed E-state index contributed by atoms with van der Waals surface area (Å²) in [5.74, 6) is 0.563. The number of carbonyl (C=O) groups excluding carboxylic acids is 1. The molecule has 1 amide bonds. The van der Waals surface area contributed by atoms with E-state index in [4.69, 9.17) is 4.74 Å². The summed E-state index contributed by atoms with van der Waals surface area (Å²) in [7, 11) is 0. The summed E-state index contributed by atoms with van der Waals surface area (Å²) < 4.78 is 5.83. The molecule has 0 aliphatic carbocycles. The number of hydrogen-bond donors (Lipinski definition) is 2. The number of halogens is 1. The van der Waals surface area contributed by atoms with Gasteiger partial charge in [0.25, 0.3) is 5.88 Å². The molecule has 3 aromatic heterocycles. The first-order chi connectivity index (χ1) is 11.2. The van der Waals surface area contributed by atoms with Crippen LogP contribution < -0.4 is 15.4 Å². The zero-order valence-corrected chi connectivity index (χ0v) is 14.0. The van der Waals surface area contributed by atoms with E-state index in [1.54, 1.807) is 42.2 Å². The fourth-order valence-corrected chi connectivity index (χ4v) is 2.62.